The van der Waals surface area contributed by atoms with Crippen LogP contribution >= 0.6 is 0 Å². The Morgan fingerprint density at radius 1 is 0.933 bits per heavy atom. The molecule has 30 heavy (non-hydrogen) atoms. The van der Waals surface area contributed by atoms with Gasteiger partial charge in [0.2, 0.25) is 0 Å². The molecule has 0 radical (unpaired) electrons. The molecule has 0 aliphatic carbocycles. The lowest BCUT2D eigenvalue weighted by Crippen LogP contribution is -2.37. The molecule has 0 aromatic heterocycles. The maximum absolute atomic E-state index is 12.4. The quantitative estimate of drug-likeness (QED) is 0.483. The molecule has 7 heteroatoms. The van der Waals surface area contributed by atoms with E-state index in [9.17, 15) is 14.4 Å². The fraction of sp³-hybridized carbons (Fsp3) is 0.348. The zero-order valence-corrected chi connectivity index (χ0v) is 17.7. The van der Waals surface area contributed by atoms with Gasteiger partial charge in [0.05, 0.1) is 6.54 Å². The van der Waals surface area contributed by atoms with Gasteiger partial charge in [-0.15, -0.1) is 0 Å². The highest BCUT2D eigenvalue weighted by Gasteiger charge is 2.21. The summed E-state index contributed by atoms with van der Waals surface area (Å²) < 4.78 is 15.8. The Labute approximate surface area is 176 Å². The number of carbonyl (C=O) groups is 3. The van der Waals surface area contributed by atoms with Gasteiger partial charge in [0.15, 0.2) is 12.4 Å². The van der Waals surface area contributed by atoms with E-state index in [0.717, 1.165) is 5.56 Å². The first-order valence-electron chi connectivity index (χ1n) is 9.54. The van der Waals surface area contributed by atoms with Gasteiger partial charge in [0, 0.05) is 12.6 Å². The number of carbonyl (C=O) groups excluding carboxylic acids is 3. The lowest BCUT2D eigenvalue weighted by atomic mass is 10.1. The zero-order valence-electron chi connectivity index (χ0n) is 17.7. The van der Waals surface area contributed by atoms with Crippen molar-refractivity contribution in [1.29, 1.82) is 0 Å². The summed E-state index contributed by atoms with van der Waals surface area (Å²) in [5, 5.41) is 0. The molecule has 160 valence electrons. The molecule has 2 rings (SSSR count). The number of benzene rings is 2. The van der Waals surface area contributed by atoms with E-state index < -0.39 is 17.7 Å². The summed E-state index contributed by atoms with van der Waals surface area (Å²) in [6.07, 6.45) is -0.565. The summed E-state index contributed by atoms with van der Waals surface area (Å²) in [5.41, 5.74) is 0.685. The van der Waals surface area contributed by atoms with Crippen molar-refractivity contribution in [2.24, 2.45) is 0 Å². The minimum Gasteiger partial charge on any atom is -0.482 e. The highest BCUT2D eigenvalue weighted by molar-refractivity contribution is 5.98. The predicted molar refractivity (Wildman–Crippen MR) is 111 cm³/mol. The van der Waals surface area contributed by atoms with Crippen LogP contribution in [0.4, 0.5) is 4.79 Å². The Morgan fingerprint density at radius 2 is 1.57 bits per heavy atom. The Hall–Kier alpha value is -3.35. The molecule has 0 aliphatic rings. The lowest BCUT2D eigenvalue weighted by Gasteiger charge is -2.24. The van der Waals surface area contributed by atoms with Crippen LogP contribution in [0, 0.1) is 0 Å². The number of rotatable bonds is 8. The van der Waals surface area contributed by atoms with Gasteiger partial charge < -0.3 is 19.1 Å². The standard InChI is InChI=1S/C23H27NO6/c1-23(2,3)30-22(27)24(4)14-20(25)18-10-12-19(13-11-18)28-16-21(26)29-15-17-8-6-5-7-9-17/h5-13H,14-16H2,1-4H3. The third kappa shape index (κ3) is 7.95. The predicted octanol–water partition coefficient (Wildman–Crippen LogP) is 3.86. The first kappa shape index (κ1) is 22.9. The van der Waals surface area contributed by atoms with Crippen LogP contribution in [0.25, 0.3) is 0 Å². The van der Waals surface area contributed by atoms with Crippen LogP contribution in [0.1, 0.15) is 36.7 Å². The maximum Gasteiger partial charge on any atom is 0.410 e. The van der Waals surface area contributed by atoms with Crippen LogP contribution in [0.15, 0.2) is 54.6 Å². The molecular formula is C23H27NO6. The van der Waals surface area contributed by atoms with Crippen LogP contribution in [0.2, 0.25) is 0 Å². The van der Waals surface area contributed by atoms with Gasteiger partial charge in [-0.3, -0.25) is 4.79 Å². The number of nitrogens with zero attached hydrogens (tertiary/aromatic N) is 1. The van der Waals surface area contributed by atoms with Gasteiger partial charge in [-0.05, 0) is 50.6 Å². The number of hydrogen-bond donors (Lipinski definition) is 0. The molecule has 0 N–H and O–H groups in total. The summed E-state index contributed by atoms with van der Waals surface area (Å²) in [6, 6.07) is 15.7. The SMILES string of the molecule is CN(CC(=O)c1ccc(OCC(=O)OCc2ccccc2)cc1)C(=O)OC(C)(C)C. The molecule has 2 aromatic rings. The van der Waals surface area contributed by atoms with Gasteiger partial charge in [-0.1, -0.05) is 30.3 Å². The Balaban J connectivity index is 1.79. The zero-order chi connectivity index (χ0) is 22.1. The molecule has 2 aromatic carbocycles. The lowest BCUT2D eigenvalue weighted by molar-refractivity contribution is -0.147. The van der Waals surface area contributed by atoms with Crippen molar-refractivity contribution in [2.45, 2.75) is 33.0 Å². The van der Waals surface area contributed by atoms with E-state index in [-0.39, 0.29) is 25.5 Å². The van der Waals surface area contributed by atoms with Crippen molar-refractivity contribution in [3.63, 3.8) is 0 Å². The maximum atomic E-state index is 12.4. The minimum atomic E-state index is -0.629. The van der Waals surface area contributed by atoms with E-state index in [1.807, 2.05) is 30.3 Å². The van der Waals surface area contributed by atoms with Crippen molar-refractivity contribution in [1.82, 2.24) is 4.90 Å². The van der Waals surface area contributed by atoms with Crippen LogP contribution in [-0.4, -0.2) is 48.5 Å². The molecular weight excluding hydrogens is 386 g/mol. The first-order chi connectivity index (χ1) is 14.1. The Kier molecular flexibility index (Phi) is 7.98. The number of ketones is 1. The molecule has 7 nitrogen and oxygen atoms in total. The molecule has 0 heterocycles. The molecule has 0 spiro atoms. The second-order valence-corrected chi connectivity index (χ2v) is 7.72. The van der Waals surface area contributed by atoms with Crippen molar-refractivity contribution in [3.05, 3.63) is 65.7 Å². The number of esters is 1. The van der Waals surface area contributed by atoms with Gasteiger partial charge in [-0.2, -0.15) is 0 Å². The molecule has 0 atom stereocenters. The third-order valence-corrected chi connectivity index (χ3v) is 3.86. The molecule has 0 aliphatic heterocycles. The van der Waals surface area contributed by atoms with E-state index in [2.05, 4.69) is 0 Å². The van der Waals surface area contributed by atoms with E-state index in [4.69, 9.17) is 14.2 Å². The summed E-state index contributed by atoms with van der Waals surface area (Å²) >= 11 is 0. The van der Waals surface area contributed by atoms with E-state index in [0.29, 0.717) is 11.3 Å². The topological polar surface area (TPSA) is 82.1 Å². The van der Waals surface area contributed by atoms with E-state index in [1.165, 1.54) is 11.9 Å². The number of amides is 1. The van der Waals surface area contributed by atoms with Gasteiger partial charge >= 0.3 is 12.1 Å². The van der Waals surface area contributed by atoms with Crippen LogP contribution in [0.3, 0.4) is 0 Å². The van der Waals surface area contributed by atoms with Crippen molar-refractivity contribution in [2.75, 3.05) is 20.2 Å². The van der Waals surface area contributed by atoms with Gasteiger partial charge in [-0.25, -0.2) is 9.59 Å². The van der Waals surface area contributed by atoms with Crippen molar-refractivity contribution in [3.8, 4) is 5.75 Å². The number of ether oxygens (including phenoxy) is 3. The average molecular weight is 413 g/mol. The minimum absolute atomic E-state index is 0.110. The second kappa shape index (κ2) is 10.4. The van der Waals surface area contributed by atoms with Crippen LogP contribution in [-0.2, 0) is 20.9 Å². The highest BCUT2D eigenvalue weighted by atomic mass is 16.6. The highest BCUT2D eigenvalue weighted by Crippen LogP contribution is 2.14. The van der Waals surface area contributed by atoms with Crippen LogP contribution in [0.5, 0.6) is 5.75 Å². The van der Waals surface area contributed by atoms with Gasteiger partial charge in [0.1, 0.15) is 18.0 Å². The number of likely N-dealkylation sites (N-methyl/N-ethyl adjacent to an activating group) is 1. The Bertz CT molecular complexity index is 856. The van der Waals surface area contributed by atoms with E-state index >= 15 is 0 Å². The van der Waals surface area contributed by atoms with Gasteiger partial charge in [0.25, 0.3) is 0 Å². The average Bonchev–Trinajstić information content (AvgIpc) is 2.70. The fourth-order valence-electron chi connectivity index (χ4n) is 2.37. The molecule has 0 bridgehead atoms. The summed E-state index contributed by atoms with van der Waals surface area (Å²) in [4.78, 5) is 37.3. The molecule has 0 saturated heterocycles. The largest absolute Gasteiger partial charge is 0.482 e. The van der Waals surface area contributed by atoms with Crippen LogP contribution < -0.4 is 4.74 Å². The van der Waals surface area contributed by atoms with Crippen molar-refractivity contribution >= 4 is 17.8 Å². The monoisotopic (exact) mass is 413 g/mol. The number of Topliss-reactive ketones (excluding diaryl/α,β-unsaturated/α-hetero) is 1. The number of hydrogen-bond acceptors (Lipinski definition) is 6. The molecule has 0 fully saturated rings. The summed E-state index contributed by atoms with van der Waals surface area (Å²) in [6.45, 7) is 5.12. The summed E-state index contributed by atoms with van der Waals surface area (Å²) in [5.74, 6) is -0.293. The van der Waals surface area contributed by atoms with Crippen molar-refractivity contribution < 1.29 is 28.6 Å². The summed E-state index contributed by atoms with van der Waals surface area (Å²) in [7, 11) is 1.50. The molecule has 0 saturated carbocycles. The fourth-order valence-corrected chi connectivity index (χ4v) is 2.37. The second-order valence-electron chi connectivity index (χ2n) is 7.72. The Morgan fingerprint density at radius 3 is 2.17 bits per heavy atom. The molecule has 0 unspecified atom stereocenters. The van der Waals surface area contributed by atoms with E-state index in [1.54, 1.807) is 45.0 Å². The molecule has 1 amide bonds. The normalized spacial score (nSPS) is 10.8. The smallest absolute Gasteiger partial charge is 0.410 e. The third-order valence-electron chi connectivity index (χ3n) is 3.86. The first-order valence-corrected chi connectivity index (χ1v) is 9.54.